The number of rotatable bonds is 6. The standard InChI is InChI=1S/C12H22N2O5.Li.H/c1-9(2)10(11(15)16)13-12(17)19-8-5-14-3-6-18-7-4-14;;/h9-10H,3-8H2,1-2H3,(H,13,17)(H,15,16);;. The van der Waals surface area contributed by atoms with Crippen molar-refractivity contribution in [2.75, 3.05) is 39.5 Å². The van der Waals surface area contributed by atoms with E-state index < -0.39 is 18.1 Å². The number of carboxylic acid groups (broad SMARTS) is 1. The van der Waals surface area contributed by atoms with Crippen LogP contribution in [0.1, 0.15) is 13.8 Å². The third-order valence-corrected chi connectivity index (χ3v) is 2.95. The molecule has 8 heteroatoms. The van der Waals surface area contributed by atoms with Crippen LogP contribution in [0, 0.1) is 5.92 Å². The van der Waals surface area contributed by atoms with Crippen LogP contribution in [-0.4, -0.2) is 86.4 Å². The molecule has 20 heavy (non-hydrogen) atoms. The predicted octanol–water partition coefficient (Wildman–Crippen LogP) is -0.494. The fourth-order valence-electron chi connectivity index (χ4n) is 1.77. The Bertz CT molecular complexity index is 308. The molecule has 1 aliphatic rings. The summed E-state index contributed by atoms with van der Waals surface area (Å²) in [5, 5.41) is 11.3. The van der Waals surface area contributed by atoms with Crippen molar-refractivity contribution in [2.45, 2.75) is 19.9 Å². The van der Waals surface area contributed by atoms with Gasteiger partial charge in [-0.25, -0.2) is 9.59 Å². The second kappa shape index (κ2) is 10.1. The van der Waals surface area contributed by atoms with Crippen LogP contribution in [0.25, 0.3) is 0 Å². The molecule has 0 bridgehead atoms. The van der Waals surface area contributed by atoms with Crippen LogP contribution >= 0.6 is 0 Å². The Balaban J connectivity index is 0.00000361. The minimum atomic E-state index is -1.06. The average Bonchev–Trinajstić information content (AvgIpc) is 2.36. The van der Waals surface area contributed by atoms with Crippen molar-refractivity contribution in [3.8, 4) is 0 Å². The molecule has 1 rings (SSSR count). The first-order valence-electron chi connectivity index (χ1n) is 6.47. The summed E-state index contributed by atoms with van der Waals surface area (Å²) in [6.45, 7) is 7.39. The van der Waals surface area contributed by atoms with E-state index in [0.29, 0.717) is 19.8 Å². The van der Waals surface area contributed by atoms with E-state index in [-0.39, 0.29) is 31.4 Å². The predicted molar refractivity (Wildman–Crippen MR) is 75.2 cm³/mol. The Morgan fingerprint density at radius 1 is 1.35 bits per heavy atom. The van der Waals surface area contributed by atoms with Crippen LogP contribution in [0.2, 0.25) is 0 Å². The number of hydrogen-bond acceptors (Lipinski definition) is 5. The van der Waals surface area contributed by atoms with E-state index in [1.54, 1.807) is 13.8 Å². The summed E-state index contributed by atoms with van der Waals surface area (Å²) < 4.78 is 10.2. The number of alkyl carbamates (subject to hydrolysis) is 1. The van der Waals surface area contributed by atoms with Crippen LogP contribution in [0.15, 0.2) is 0 Å². The Hall–Kier alpha value is -0.743. The van der Waals surface area contributed by atoms with Gasteiger partial charge in [-0.15, -0.1) is 0 Å². The first-order chi connectivity index (χ1) is 9.00. The van der Waals surface area contributed by atoms with E-state index in [1.165, 1.54) is 0 Å². The third kappa shape index (κ3) is 7.15. The number of nitrogens with one attached hydrogen (secondary N) is 1. The second-order valence-corrected chi connectivity index (χ2v) is 4.79. The second-order valence-electron chi connectivity index (χ2n) is 4.79. The molecular formula is C12H23LiN2O5. The van der Waals surface area contributed by atoms with Gasteiger partial charge in [-0.3, -0.25) is 4.90 Å². The van der Waals surface area contributed by atoms with Crippen molar-refractivity contribution in [1.29, 1.82) is 0 Å². The van der Waals surface area contributed by atoms with Gasteiger partial charge < -0.3 is 19.9 Å². The molecule has 1 aliphatic heterocycles. The molecule has 1 heterocycles. The van der Waals surface area contributed by atoms with Gasteiger partial charge in [0.2, 0.25) is 0 Å². The number of ether oxygens (including phenoxy) is 2. The number of hydrogen-bond donors (Lipinski definition) is 2. The summed E-state index contributed by atoms with van der Waals surface area (Å²) in [5.41, 5.74) is 0. The molecule has 0 aromatic heterocycles. The van der Waals surface area contributed by atoms with E-state index in [2.05, 4.69) is 10.2 Å². The Morgan fingerprint density at radius 3 is 2.45 bits per heavy atom. The Kier molecular flexibility index (Phi) is 9.68. The average molecular weight is 282 g/mol. The maximum absolute atomic E-state index is 11.5. The van der Waals surface area contributed by atoms with Gasteiger partial charge in [-0.2, -0.15) is 0 Å². The first-order valence-corrected chi connectivity index (χ1v) is 6.47. The summed E-state index contributed by atoms with van der Waals surface area (Å²) in [5.74, 6) is -1.25. The molecule has 0 saturated carbocycles. The number of amides is 1. The van der Waals surface area contributed by atoms with Gasteiger partial charge in [0, 0.05) is 19.6 Å². The van der Waals surface area contributed by atoms with E-state index in [9.17, 15) is 9.59 Å². The molecular weight excluding hydrogens is 259 g/mol. The van der Waals surface area contributed by atoms with Crippen molar-refractivity contribution < 1.29 is 24.2 Å². The quantitative estimate of drug-likeness (QED) is 0.639. The Labute approximate surface area is 131 Å². The van der Waals surface area contributed by atoms with E-state index >= 15 is 0 Å². The fraction of sp³-hybridized carbons (Fsp3) is 0.833. The van der Waals surface area contributed by atoms with Crippen LogP contribution in [0.3, 0.4) is 0 Å². The topological polar surface area (TPSA) is 88.1 Å². The molecule has 1 atom stereocenters. The summed E-state index contributed by atoms with van der Waals surface area (Å²) in [6.07, 6.45) is -0.686. The number of nitrogens with zero attached hydrogens (tertiary/aromatic N) is 1. The molecule has 0 aliphatic carbocycles. The van der Waals surface area contributed by atoms with Gasteiger partial charge >= 0.3 is 30.9 Å². The van der Waals surface area contributed by atoms with Crippen molar-refractivity contribution in [3.05, 3.63) is 0 Å². The van der Waals surface area contributed by atoms with Gasteiger partial charge in [0.05, 0.1) is 13.2 Å². The minimum absolute atomic E-state index is 0. The van der Waals surface area contributed by atoms with Crippen LogP contribution in [0.5, 0.6) is 0 Å². The van der Waals surface area contributed by atoms with Gasteiger partial charge in [0.1, 0.15) is 12.6 Å². The van der Waals surface area contributed by atoms with Crippen molar-refractivity contribution in [2.24, 2.45) is 5.92 Å². The molecule has 0 aromatic carbocycles. The van der Waals surface area contributed by atoms with Crippen molar-refractivity contribution >= 4 is 30.9 Å². The number of carboxylic acids is 1. The first kappa shape index (κ1) is 19.3. The molecule has 0 radical (unpaired) electrons. The normalized spacial score (nSPS) is 17.1. The zero-order valence-corrected chi connectivity index (χ0v) is 11.4. The number of aliphatic carboxylic acids is 1. The maximum atomic E-state index is 11.5. The van der Waals surface area contributed by atoms with E-state index in [4.69, 9.17) is 14.6 Å². The molecule has 0 aromatic rings. The molecule has 2 N–H and O–H groups in total. The number of carbonyl (C=O) groups is 2. The van der Waals surface area contributed by atoms with Gasteiger partial charge in [-0.05, 0) is 5.92 Å². The molecule has 1 fully saturated rings. The van der Waals surface area contributed by atoms with E-state index in [0.717, 1.165) is 13.1 Å². The van der Waals surface area contributed by atoms with E-state index in [1.807, 2.05) is 0 Å². The zero-order valence-electron chi connectivity index (χ0n) is 11.4. The monoisotopic (exact) mass is 282 g/mol. The van der Waals surface area contributed by atoms with Gasteiger partial charge in [0.25, 0.3) is 0 Å². The van der Waals surface area contributed by atoms with Crippen LogP contribution < -0.4 is 5.32 Å². The van der Waals surface area contributed by atoms with Gasteiger partial charge in [-0.1, -0.05) is 13.8 Å². The molecule has 1 saturated heterocycles. The number of morpholine rings is 1. The zero-order chi connectivity index (χ0) is 14.3. The van der Waals surface area contributed by atoms with Crippen LogP contribution in [-0.2, 0) is 14.3 Å². The molecule has 112 valence electrons. The third-order valence-electron chi connectivity index (χ3n) is 2.95. The fourth-order valence-corrected chi connectivity index (χ4v) is 1.77. The Morgan fingerprint density at radius 2 is 1.95 bits per heavy atom. The summed E-state index contributed by atoms with van der Waals surface area (Å²) in [6, 6.07) is -0.920. The SMILES string of the molecule is CC(C)C(NC(=O)OCCN1CCOCC1)C(=O)O.[LiH]. The summed E-state index contributed by atoms with van der Waals surface area (Å²) in [7, 11) is 0. The summed E-state index contributed by atoms with van der Waals surface area (Å²) >= 11 is 0. The number of carbonyl (C=O) groups excluding carboxylic acids is 1. The van der Waals surface area contributed by atoms with Gasteiger partial charge in [0.15, 0.2) is 0 Å². The van der Waals surface area contributed by atoms with Crippen LogP contribution in [0.4, 0.5) is 4.79 Å². The van der Waals surface area contributed by atoms with Crippen molar-refractivity contribution in [1.82, 2.24) is 10.2 Å². The molecule has 1 amide bonds. The van der Waals surface area contributed by atoms with Crippen molar-refractivity contribution in [3.63, 3.8) is 0 Å². The molecule has 7 nitrogen and oxygen atoms in total. The molecule has 1 unspecified atom stereocenters. The summed E-state index contributed by atoms with van der Waals surface area (Å²) in [4.78, 5) is 24.5. The molecule has 0 spiro atoms.